The van der Waals surface area contributed by atoms with Crippen LogP contribution in [-0.4, -0.2) is 43.3 Å². The number of rotatable bonds is 5. The monoisotopic (exact) mass is 333 g/mol. The van der Waals surface area contributed by atoms with Crippen molar-refractivity contribution in [3.8, 4) is 5.75 Å². The molecule has 6 nitrogen and oxygen atoms in total. The highest BCUT2D eigenvalue weighted by molar-refractivity contribution is 5.96. The number of para-hydroxylation sites is 1. The molecule has 2 N–H and O–H groups in total. The number of amides is 3. The lowest BCUT2D eigenvalue weighted by Crippen LogP contribution is -2.47. The summed E-state index contributed by atoms with van der Waals surface area (Å²) in [5.41, 5.74) is 0.270. The van der Waals surface area contributed by atoms with Crippen LogP contribution in [0.2, 0.25) is 0 Å². The zero-order valence-electron chi connectivity index (χ0n) is 12.9. The summed E-state index contributed by atoms with van der Waals surface area (Å²) in [6, 6.07) is 4.28. The Labute approximate surface area is 131 Å². The summed E-state index contributed by atoms with van der Waals surface area (Å²) in [5.74, 6) is -0.896. The lowest BCUT2D eigenvalue weighted by molar-refractivity contribution is -0.275. The molecule has 23 heavy (non-hydrogen) atoms. The molecule has 0 aliphatic heterocycles. The van der Waals surface area contributed by atoms with Gasteiger partial charge in [-0.05, 0) is 20.0 Å². The van der Waals surface area contributed by atoms with E-state index >= 15 is 0 Å². The summed E-state index contributed by atoms with van der Waals surface area (Å²) < 4.78 is 41.1. The Morgan fingerprint density at radius 3 is 2.48 bits per heavy atom. The number of ether oxygens (including phenoxy) is 1. The van der Waals surface area contributed by atoms with Gasteiger partial charge in [0, 0.05) is 19.2 Å². The number of hydrogen-bond donors (Lipinski definition) is 2. The van der Waals surface area contributed by atoms with E-state index in [9.17, 15) is 22.8 Å². The number of benzene rings is 1. The number of alkyl halides is 3. The molecule has 128 valence electrons. The van der Waals surface area contributed by atoms with E-state index in [1.54, 1.807) is 13.1 Å². The smallest absolute Gasteiger partial charge is 0.405 e. The molecule has 0 saturated heterocycles. The van der Waals surface area contributed by atoms with Crippen LogP contribution in [0.1, 0.15) is 12.5 Å². The topological polar surface area (TPSA) is 70.7 Å². The zero-order valence-corrected chi connectivity index (χ0v) is 12.9. The number of nitrogens with zero attached hydrogens (tertiary/aromatic N) is 1. The summed E-state index contributed by atoms with van der Waals surface area (Å²) in [6.07, 6.45) is -4.79. The molecule has 1 rings (SSSR count). The van der Waals surface area contributed by atoms with Gasteiger partial charge >= 0.3 is 12.4 Å². The molecule has 0 spiro atoms. The number of carbonyl (C=O) groups excluding carboxylic acids is 2. The molecule has 9 heteroatoms. The Bertz CT molecular complexity index is 564. The first-order valence-corrected chi connectivity index (χ1v) is 6.70. The Hall–Kier alpha value is -2.29. The average molecular weight is 333 g/mol. The van der Waals surface area contributed by atoms with Gasteiger partial charge < -0.3 is 10.1 Å². The predicted molar refractivity (Wildman–Crippen MR) is 76.7 cm³/mol. The molecule has 0 saturated carbocycles. The van der Waals surface area contributed by atoms with Crippen molar-refractivity contribution in [2.24, 2.45) is 0 Å². The van der Waals surface area contributed by atoms with Gasteiger partial charge in [-0.2, -0.15) is 0 Å². The second-order valence-electron chi connectivity index (χ2n) is 4.81. The maximum absolute atomic E-state index is 12.4. The predicted octanol–water partition coefficient (Wildman–Crippen LogP) is 1.86. The molecule has 1 aromatic rings. The number of urea groups is 1. The number of hydrogen-bond acceptors (Lipinski definition) is 4. The second-order valence-corrected chi connectivity index (χ2v) is 4.81. The standard InChI is InChI=1S/C14H18F3N3O3/c1-9(12(21)19-13(22)18-2)20(3)8-10-6-4-5-7-11(10)23-14(15,16)17/h4-7,9H,8H2,1-3H3,(H2,18,19,21,22)/t9-/m1/s1. The van der Waals surface area contributed by atoms with Crippen molar-refractivity contribution in [3.05, 3.63) is 29.8 Å². The third-order valence-corrected chi connectivity index (χ3v) is 3.12. The van der Waals surface area contributed by atoms with Crippen LogP contribution in [0.4, 0.5) is 18.0 Å². The van der Waals surface area contributed by atoms with Crippen molar-refractivity contribution in [3.63, 3.8) is 0 Å². The number of likely N-dealkylation sites (N-methyl/N-ethyl adjacent to an activating group) is 1. The van der Waals surface area contributed by atoms with E-state index in [2.05, 4.69) is 15.4 Å². The van der Waals surface area contributed by atoms with Crippen LogP contribution in [0.15, 0.2) is 24.3 Å². The molecule has 1 atom stereocenters. The van der Waals surface area contributed by atoms with Crippen molar-refractivity contribution in [1.82, 2.24) is 15.5 Å². The Kier molecular flexibility index (Phi) is 6.38. The average Bonchev–Trinajstić information content (AvgIpc) is 2.46. The van der Waals surface area contributed by atoms with Crippen molar-refractivity contribution in [2.75, 3.05) is 14.1 Å². The van der Waals surface area contributed by atoms with Gasteiger partial charge in [0.2, 0.25) is 5.91 Å². The van der Waals surface area contributed by atoms with E-state index in [4.69, 9.17) is 0 Å². The minimum absolute atomic E-state index is 0.0363. The fraction of sp³-hybridized carbons (Fsp3) is 0.429. The van der Waals surface area contributed by atoms with Crippen molar-refractivity contribution >= 4 is 11.9 Å². The van der Waals surface area contributed by atoms with Gasteiger partial charge in [0.15, 0.2) is 0 Å². The Morgan fingerprint density at radius 2 is 1.91 bits per heavy atom. The van der Waals surface area contributed by atoms with Gasteiger partial charge in [-0.3, -0.25) is 15.0 Å². The molecule has 1 aromatic carbocycles. The van der Waals surface area contributed by atoms with Crippen molar-refractivity contribution in [1.29, 1.82) is 0 Å². The van der Waals surface area contributed by atoms with Gasteiger partial charge in [-0.25, -0.2) is 4.79 Å². The first-order valence-electron chi connectivity index (χ1n) is 6.70. The van der Waals surface area contributed by atoms with Crippen LogP contribution in [0, 0.1) is 0 Å². The summed E-state index contributed by atoms with van der Waals surface area (Å²) in [6.45, 7) is 1.57. The third-order valence-electron chi connectivity index (χ3n) is 3.12. The van der Waals surface area contributed by atoms with E-state index in [-0.39, 0.29) is 17.9 Å². The highest BCUT2D eigenvalue weighted by Crippen LogP contribution is 2.27. The van der Waals surface area contributed by atoms with E-state index in [1.807, 2.05) is 0 Å². The molecule has 0 aliphatic rings. The number of imide groups is 1. The summed E-state index contributed by atoms with van der Waals surface area (Å²) in [5, 5.41) is 4.35. The van der Waals surface area contributed by atoms with Crippen LogP contribution in [0.25, 0.3) is 0 Å². The molecule has 0 aromatic heterocycles. The summed E-state index contributed by atoms with van der Waals surface area (Å²) >= 11 is 0. The van der Waals surface area contributed by atoms with Crippen LogP contribution in [0.5, 0.6) is 5.75 Å². The van der Waals surface area contributed by atoms with Crippen LogP contribution < -0.4 is 15.4 Å². The maximum Gasteiger partial charge on any atom is 0.573 e. The molecule has 0 heterocycles. The van der Waals surface area contributed by atoms with Crippen molar-refractivity contribution in [2.45, 2.75) is 25.9 Å². The van der Waals surface area contributed by atoms with E-state index in [0.717, 1.165) is 0 Å². The highest BCUT2D eigenvalue weighted by Gasteiger charge is 2.32. The molecular formula is C14H18F3N3O3. The normalized spacial score (nSPS) is 12.7. The first kappa shape index (κ1) is 18.8. The Morgan fingerprint density at radius 1 is 1.30 bits per heavy atom. The lowest BCUT2D eigenvalue weighted by atomic mass is 10.1. The SMILES string of the molecule is CNC(=O)NC(=O)[C@@H](C)N(C)Cc1ccccc1OC(F)(F)F. The lowest BCUT2D eigenvalue weighted by Gasteiger charge is -2.24. The number of halogens is 3. The molecule has 0 fully saturated rings. The summed E-state index contributed by atoms with van der Waals surface area (Å²) in [7, 11) is 2.92. The van der Waals surface area contributed by atoms with E-state index in [0.29, 0.717) is 0 Å². The quantitative estimate of drug-likeness (QED) is 0.863. The minimum atomic E-state index is -4.79. The van der Waals surface area contributed by atoms with E-state index in [1.165, 1.54) is 37.1 Å². The zero-order chi connectivity index (χ0) is 17.6. The molecule has 0 aliphatic carbocycles. The second kappa shape index (κ2) is 7.82. The van der Waals surface area contributed by atoms with Crippen LogP contribution >= 0.6 is 0 Å². The van der Waals surface area contributed by atoms with Gasteiger partial charge in [-0.15, -0.1) is 13.2 Å². The first-order chi connectivity index (χ1) is 10.6. The summed E-state index contributed by atoms with van der Waals surface area (Å²) in [4.78, 5) is 24.4. The van der Waals surface area contributed by atoms with Crippen molar-refractivity contribution < 1.29 is 27.5 Å². The largest absolute Gasteiger partial charge is 0.573 e. The Balaban J connectivity index is 2.79. The van der Waals surface area contributed by atoms with Gasteiger partial charge in [0.1, 0.15) is 5.75 Å². The maximum atomic E-state index is 12.4. The molecule has 0 radical (unpaired) electrons. The number of nitrogens with one attached hydrogen (secondary N) is 2. The fourth-order valence-corrected chi connectivity index (χ4v) is 1.74. The minimum Gasteiger partial charge on any atom is -0.405 e. The van der Waals surface area contributed by atoms with Gasteiger partial charge in [0.25, 0.3) is 0 Å². The molecule has 0 unspecified atom stereocenters. The van der Waals surface area contributed by atoms with Crippen LogP contribution in [-0.2, 0) is 11.3 Å². The molecule has 0 bridgehead atoms. The molecular weight excluding hydrogens is 315 g/mol. The van der Waals surface area contributed by atoms with E-state index < -0.39 is 24.3 Å². The third kappa shape index (κ3) is 6.15. The van der Waals surface area contributed by atoms with Crippen LogP contribution in [0.3, 0.4) is 0 Å². The van der Waals surface area contributed by atoms with Gasteiger partial charge in [-0.1, -0.05) is 18.2 Å². The molecule has 3 amide bonds. The highest BCUT2D eigenvalue weighted by atomic mass is 19.4. The fourth-order valence-electron chi connectivity index (χ4n) is 1.74. The number of carbonyl (C=O) groups is 2. The van der Waals surface area contributed by atoms with Gasteiger partial charge in [0.05, 0.1) is 6.04 Å².